The van der Waals surface area contributed by atoms with Crippen molar-refractivity contribution in [3.8, 4) is 11.3 Å². The van der Waals surface area contributed by atoms with Crippen LogP contribution in [0, 0.1) is 0 Å². The molecule has 3 heterocycles. The van der Waals surface area contributed by atoms with Gasteiger partial charge < -0.3 is 19.1 Å². The van der Waals surface area contributed by atoms with Crippen LogP contribution in [0.25, 0.3) is 23.1 Å². The van der Waals surface area contributed by atoms with Crippen molar-refractivity contribution in [1.82, 2.24) is 4.57 Å². The molecule has 5 aromatic rings. The standard InChI is InChI=1S/C33H22Cl2N2O6S/c1-2-42-32(41)27-28(18-6-4-3-5-7-18)36-33-37(29(27)19-8-11-21(34)12-9-19)30(38)26(44-33)17-22-13-15-25(43-22)20-10-14-23(31(39)40)24(35)16-20/h3-17,29H,2H2,1H3,(H,39,40)/p-1/b26-17-. The Morgan fingerprint density at radius 3 is 2.45 bits per heavy atom. The lowest BCUT2D eigenvalue weighted by molar-refractivity contribution is -0.255. The SMILES string of the molecule is CCOC(=O)C1=C(c2ccccc2)N=c2s/c(=C\c3ccc(-c4ccc(C(=O)[O-])c(Cl)c4)o3)c(=O)n2C1c1ccc(Cl)cc1. The second-order valence-electron chi connectivity index (χ2n) is 9.67. The molecule has 0 spiro atoms. The van der Waals surface area contributed by atoms with Crippen molar-refractivity contribution in [3.63, 3.8) is 0 Å². The smallest absolute Gasteiger partial charge is 0.338 e. The summed E-state index contributed by atoms with van der Waals surface area (Å²) in [5.41, 5.74) is 2.05. The molecule has 1 aliphatic rings. The van der Waals surface area contributed by atoms with Crippen molar-refractivity contribution in [1.29, 1.82) is 0 Å². The third-order valence-corrected chi connectivity index (χ3v) is 8.48. The predicted octanol–water partition coefficient (Wildman–Crippen LogP) is 4.87. The maximum Gasteiger partial charge on any atom is 0.338 e. The Labute approximate surface area is 264 Å². The first-order chi connectivity index (χ1) is 21.2. The first-order valence-corrected chi connectivity index (χ1v) is 15.0. The number of esters is 1. The third-order valence-electron chi connectivity index (χ3n) is 6.93. The Balaban J connectivity index is 1.52. The molecule has 11 heteroatoms. The van der Waals surface area contributed by atoms with Crippen LogP contribution in [0.5, 0.6) is 0 Å². The number of halogens is 2. The van der Waals surface area contributed by atoms with Gasteiger partial charge >= 0.3 is 5.97 Å². The largest absolute Gasteiger partial charge is 0.545 e. The van der Waals surface area contributed by atoms with E-state index in [0.29, 0.717) is 48.3 Å². The topological polar surface area (TPSA) is 114 Å². The third kappa shape index (κ3) is 5.53. The van der Waals surface area contributed by atoms with Gasteiger partial charge in [0.2, 0.25) is 0 Å². The number of nitrogens with zero attached hydrogens (tertiary/aromatic N) is 2. The number of ether oxygens (including phenoxy) is 1. The molecule has 0 saturated heterocycles. The average Bonchev–Trinajstić information content (AvgIpc) is 3.61. The maximum atomic E-state index is 14.0. The Bertz CT molecular complexity index is 2130. The van der Waals surface area contributed by atoms with Gasteiger partial charge in [0.05, 0.1) is 39.4 Å². The molecule has 3 aromatic carbocycles. The van der Waals surface area contributed by atoms with Crippen molar-refractivity contribution in [2.75, 3.05) is 6.61 Å². The molecule has 44 heavy (non-hydrogen) atoms. The minimum absolute atomic E-state index is 0.0163. The number of fused-ring (bicyclic) bond motifs is 1. The van der Waals surface area contributed by atoms with Crippen LogP contribution in [0.1, 0.15) is 40.2 Å². The number of thiazole rings is 1. The van der Waals surface area contributed by atoms with E-state index in [2.05, 4.69) is 0 Å². The quantitative estimate of drug-likeness (QED) is 0.234. The summed E-state index contributed by atoms with van der Waals surface area (Å²) < 4.78 is 13.3. The number of carboxylic acid groups (broad SMARTS) is 1. The van der Waals surface area contributed by atoms with Gasteiger partial charge in [0.1, 0.15) is 11.5 Å². The number of hydrogen-bond acceptors (Lipinski definition) is 8. The molecule has 0 N–H and O–H groups in total. The van der Waals surface area contributed by atoms with Crippen molar-refractivity contribution >= 4 is 58.3 Å². The molecule has 1 atom stereocenters. The van der Waals surface area contributed by atoms with E-state index in [1.54, 1.807) is 55.5 Å². The highest BCUT2D eigenvalue weighted by Gasteiger charge is 2.35. The van der Waals surface area contributed by atoms with Crippen LogP contribution in [-0.2, 0) is 9.53 Å². The number of benzene rings is 3. The summed E-state index contributed by atoms with van der Waals surface area (Å²) in [7, 11) is 0. The molecular formula is C33H21Cl2N2O6S-. The van der Waals surface area contributed by atoms with E-state index in [1.165, 1.54) is 16.7 Å². The van der Waals surface area contributed by atoms with Crippen LogP contribution in [0.4, 0.5) is 0 Å². The van der Waals surface area contributed by atoms with Crippen LogP contribution < -0.4 is 20.0 Å². The highest BCUT2D eigenvalue weighted by molar-refractivity contribution is 7.07. The summed E-state index contributed by atoms with van der Waals surface area (Å²) in [4.78, 5) is 44.0. The molecule has 0 aliphatic carbocycles. The Hall–Kier alpha value is -4.70. The van der Waals surface area contributed by atoms with Crippen LogP contribution in [0.3, 0.4) is 0 Å². The molecule has 0 fully saturated rings. The minimum atomic E-state index is -1.38. The van der Waals surface area contributed by atoms with Gasteiger partial charge in [-0.2, -0.15) is 0 Å². The number of hydrogen-bond donors (Lipinski definition) is 0. The number of aromatic nitrogens is 1. The van der Waals surface area contributed by atoms with Gasteiger partial charge in [-0.25, -0.2) is 9.79 Å². The second kappa shape index (κ2) is 12.1. The van der Waals surface area contributed by atoms with E-state index in [9.17, 15) is 19.5 Å². The molecule has 2 aromatic heterocycles. The molecule has 8 nitrogen and oxygen atoms in total. The first-order valence-electron chi connectivity index (χ1n) is 13.4. The van der Waals surface area contributed by atoms with E-state index < -0.39 is 18.0 Å². The van der Waals surface area contributed by atoms with Gasteiger partial charge in [0, 0.05) is 27.8 Å². The van der Waals surface area contributed by atoms with Crippen molar-refractivity contribution in [2.45, 2.75) is 13.0 Å². The number of aromatic carboxylic acids is 1. The van der Waals surface area contributed by atoms with Crippen LogP contribution in [0.15, 0.2) is 105 Å². The van der Waals surface area contributed by atoms with E-state index in [4.69, 9.17) is 37.3 Å². The fourth-order valence-corrected chi connectivity index (χ4v) is 6.31. The zero-order valence-electron chi connectivity index (χ0n) is 23.0. The van der Waals surface area contributed by atoms with Gasteiger partial charge in [0.15, 0.2) is 4.80 Å². The summed E-state index contributed by atoms with van der Waals surface area (Å²) in [5.74, 6) is -1.16. The molecule has 1 unspecified atom stereocenters. The Morgan fingerprint density at radius 2 is 1.77 bits per heavy atom. The molecule has 0 saturated carbocycles. The monoisotopic (exact) mass is 643 g/mol. The van der Waals surface area contributed by atoms with E-state index in [1.807, 2.05) is 30.3 Å². The van der Waals surface area contributed by atoms with Gasteiger partial charge in [-0.05, 0) is 42.8 Å². The van der Waals surface area contributed by atoms with E-state index >= 15 is 0 Å². The van der Waals surface area contributed by atoms with Gasteiger partial charge in [-0.1, -0.05) is 89.1 Å². The predicted molar refractivity (Wildman–Crippen MR) is 166 cm³/mol. The molecule has 220 valence electrons. The summed E-state index contributed by atoms with van der Waals surface area (Å²) >= 11 is 13.4. The normalized spacial score (nSPS) is 14.7. The van der Waals surface area contributed by atoms with Crippen molar-refractivity contribution in [3.05, 3.63) is 143 Å². The van der Waals surface area contributed by atoms with Crippen molar-refractivity contribution < 1.29 is 23.8 Å². The summed E-state index contributed by atoms with van der Waals surface area (Å²) in [5, 5.41) is 11.7. The molecule has 0 amide bonds. The number of carbonyl (C=O) groups is 2. The highest BCUT2D eigenvalue weighted by Crippen LogP contribution is 2.35. The first kappa shape index (κ1) is 29.4. The lowest BCUT2D eigenvalue weighted by Crippen LogP contribution is -2.39. The molecule has 1 aliphatic heterocycles. The van der Waals surface area contributed by atoms with Crippen LogP contribution >= 0.6 is 34.5 Å². The number of furan rings is 1. The Kier molecular flexibility index (Phi) is 8.09. The fraction of sp³-hybridized carbons (Fsp3) is 0.0909. The lowest BCUT2D eigenvalue weighted by Gasteiger charge is -2.25. The van der Waals surface area contributed by atoms with Crippen LogP contribution in [0.2, 0.25) is 10.0 Å². The van der Waals surface area contributed by atoms with Crippen LogP contribution in [-0.4, -0.2) is 23.1 Å². The second-order valence-corrected chi connectivity index (χ2v) is 11.5. The van der Waals surface area contributed by atoms with E-state index in [-0.39, 0.29) is 28.3 Å². The van der Waals surface area contributed by atoms with Gasteiger partial charge in [-0.3, -0.25) is 9.36 Å². The summed E-state index contributed by atoms with van der Waals surface area (Å²) in [6.07, 6.45) is 1.60. The summed E-state index contributed by atoms with van der Waals surface area (Å²) in [6, 6.07) is 23.1. The minimum Gasteiger partial charge on any atom is -0.545 e. The molecule has 0 bridgehead atoms. The number of carbonyl (C=O) groups excluding carboxylic acids is 2. The average molecular weight is 645 g/mol. The molecule has 0 radical (unpaired) electrons. The summed E-state index contributed by atoms with van der Waals surface area (Å²) in [6.45, 7) is 1.86. The molecule has 6 rings (SSSR count). The molecular weight excluding hydrogens is 623 g/mol. The highest BCUT2D eigenvalue weighted by atomic mass is 35.5. The van der Waals surface area contributed by atoms with E-state index in [0.717, 1.165) is 11.3 Å². The van der Waals surface area contributed by atoms with Crippen molar-refractivity contribution in [2.24, 2.45) is 4.99 Å². The maximum absolute atomic E-state index is 14.0. The lowest BCUT2D eigenvalue weighted by atomic mass is 9.93. The zero-order chi connectivity index (χ0) is 31.0. The number of rotatable bonds is 7. The zero-order valence-corrected chi connectivity index (χ0v) is 25.3. The van der Waals surface area contributed by atoms with Gasteiger partial charge in [0.25, 0.3) is 5.56 Å². The van der Waals surface area contributed by atoms with Gasteiger partial charge in [-0.15, -0.1) is 0 Å². The number of carboxylic acids is 1. The fourth-order valence-electron chi connectivity index (χ4n) is 4.95. The Morgan fingerprint density at radius 1 is 1.02 bits per heavy atom.